The number of nitro benzene ring substituents is 1. The van der Waals surface area contributed by atoms with Crippen molar-refractivity contribution in [1.82, 2.24) is 9.55 Å². The van der Waals surface area contributed by atoms with Crippen molar-refractivity contribution in [2.45, 2.75) is 6.54 Å². The monoisotopic (exact) mass is 370 g/mol. The molecule has 2 heterocycles. The van der Waals surface area contributed by atoms with Crippen LogP contribution in [0.2, 0.25) is 0 Å². The Morgan fingerprint density at radius 2 is 2.07 bits per heavy atom. The van der Waals surface area contributed by atoms with Crippen LogP contribution in [0.25, 0.3) is 28.4 Å². The predicted octanol–water partition coefficient (Wildman–Crippen LogP) is 4.81. The lowest BCUT2D eigenvalue weighted by atomic mass is 10.1. The molecule has 0 atom stereocenters. The van der Waals surface area contributed by atoms with E-state index >= 15 is 0 Å². The number of rotatable bonds is 5. The Labute approximate surface area is 159 Å². The van der Waals surface area contributed by atoms with Gasteiger partial charge in [-0.15, -0.1) is 0 Å². The first-order valence-corrected chi connectivity index (χ1v) is 8.49. The van der Waals surface area contributed by atoms with Crippen molar-refractivity contribution in [3.8, 4) is 17.4 Å². The molecule has 0 radical (unpaired) electrons. The van der Waals surface area contributed by atoms with Gasteiger partial charge < -0.3 is 8.98 Å². The van der Waals surface area contributed by atoms with Gasteiger partial charge in [-0.3, -0.25) is 10.1 Å². The van der Waals surface area contributed by atoms with E-state index in [1.807, 2.05) is 28.8 Å². The molecule has 7 nitrogen and oxygen atoms in total. The summed E-state index contributed by atoms with van der Waals surface area (Å²) >= 11 is 0. The average Bonchev–Trinajstić information content (AvgIpc) is 3.35. The van der Waals surface area contributed by atoms with E-state index in [1.54, 1.807) is 36.7 Å². The average molecular weight is 370 g/mol. The third-order valence-electron chi connectivity index (χ3n) is 4.30. The molecule has 0 aliphatic heterocycles. The van der Waals surface area contributed by atoms with Gasteiger partial charge in [-0.2, -0.15) is 5.26 Å². The third kappa shape index (κ3) is 3.39. The van der Waals surface area contributed by atoms with Crippen LogP contribution in [0, 0.1) is 21.4 Å². The van der Waals surface area contributed by atoms with E-state index < -0.39 is 4.92 Å². The molecule has 0 fully saturated rings. The molecular formula is C21H14N4O3. The number of hydrogen-bond donors (Lipinski definition) is 0. The van der Waals surface area contributed by atoms with E-state index in [1.165, 1.54) is 12.1 Å². The standard InChI is InChI=1S/C21H14N4O3/c22-12-15(13-24-14-23-19-6-1-2-7-20(19)24)10-18-8-9-21(28-18)16-4-3-5-17(11-16)25(26)27/h1-11,14H,13H2/b15-10-. The lowest BCUT2D eigenvalue weighted by Crippen LogP contribution is -1.98. The first-order chi connectivity index (χ1) is 13.6. The summed E-state index contributed by atoms with van der Waals surface area (Å²) < 4.78 is 7.67. The molecule has 28 heavy (non-hydrogen) atoms. The van der Waals surface area contributed by atoms with Crippen LogP contribution in [0.3, 0.4) is 0 Å². The molecule has 7 heteroatoms. The first kappa shape index (κ1) is 17.2. The van der Waals surface area contributed by atoms with Gasteiger partial charge in [-0.1, -0.05) is 24.3 Å². The highest BCUT2D eigenvalue weighted by Gasteiger charge is 2.11. The number of aromatic nitrogens is 2. The highest BCUT2D eigenvalue weighted by Crippen LogP contribution is 2.26. The number of nitrogens with zero attached hydrogens (tertiary/aromatic N) is 4. The number of nitriles is 1. The molecule has 0 saturated carbocycles. The zero-order chi connectivity index (χ0) is 19.5. The van der Waals surface area contributed by atoms with Gasteiger partial charge >= 0.3 is 0 Å². The molecule has 0 saturated heterocycles. The fourth-order valence-corrected chi connectivity index (χ4v) is 2.96. The van der Waals surface area contributed by atoms with E-state index in [2.05, 4.69) is 11.1 Å². The van der Waals surface area contributed by atoms with Crippen LogP contribution >= 0.6 is 0 Å². The van der Waals surface area contributed by atoms with Gasteiger partial charge in [0, 0.05) is 17.7 Å². The van der Waals surface area contributed by atoms with E-state index in [0.29, 0.717) is 29.2 Å². The quantitative estimate of drug-likeness (QED) is 0.285. The Morgan fingerprint density at radius 1 is 1.21 bits per heavy atom. The molecule has 0 aliphatic rings. The highest BCUT2D eigenvalue weighted by atomic mass is 16.6. The van der Waals surface area contributed by atoms with E-state index in [0.717, 1.165) is 11.0 Å². The van der Waals surface area contributed by atoms with Crippen LogP contribution in [0.15, 0.2) is 77.0 Å². The number of para-hydroxylation sites is 2. The van der Waals surface area contributed by atoms with Gasteiger partial charge in [-0.05, 0) is 30.3 Å². The van der Waals surface area contributed by atoms with Crippen LogP contribution in [-0.2, 0) is 6.54 Å². The van der Waals surface area contributed by atoms with Crippen LogP contribution in [0.5, 0.6) is 0 Å². The lowest BCUT2D eigenvalue weighted by Gasteiger charge is -2.02. The Morgan fingerprint density at radius 3 is 2.89 bits per heavy atom. The molecular weight excluding hydrogens is 356 g/mol. The second-order valence-electron chi connectivity index (χ2n) is 6.15. The molecule has 2 aromatic heterocycles. The topological polar surface area (TPSA) is 97.9 Å². The van der Waals surface area contributed by atoms with Gasteiger partial charge in [0.2, 0.25) is 0 Å². The molecule has 0 N–H and O–H groups in total. The van der Waals surface area contributed by atoms with Crippen LogP contribution in [0.1, 0.15) is 5.76 Å². The minimum atomic E-state index is -0.448. The normalized spacial score (nSPS) is 11.5. The second kappa shape index (κ2) is 7.21. The molecule has 0 aliphatic carbocycles. The maximum absolute atomic E-state index is 10.9. The minimum Gasteiger partial charge on any atom is -0.457 e. The Balaban J connectivity index is 1.60. The summed E-state index contributed by atoms with van der Waals surface area (Å²) in [5, 5.41) is 20.5. The zero-order valence-corrected chi connectivity index (χ0v) is 14.6. The van der Waals surface area contributed by atoms with Crippen LogP contribution in [-0.4, -0.2) is 14.5 Å². The summed E-state index contributed by atoms with van der Waals surface area (Å²) in [6.45, 7) is 0.365. The number of imidazole rings is 1. The minimum absolute atomic E-state index is 0.00399. The zero-order valence-electron chi connectivity index (χ0n) is 14.6. The molecule has 4 aromatic rings. The van der Waals surface area contributed by atoms with Crippen molar-refractivity contribution in [1.29, 1.82) is 5.26 Å². The first-order valence-electron chi connectivity index (χ1n) is 8.49. The van der Waals surface area contributed by atoms with Gasteiger partial charge in [0.05, 0.1) is 40.5 Å². The number of non-ortho nitro benzene ring substituents is 1. The number of fused-ring (bicyclic) bond motifs is 1. The van der Waals surface area contributed by atoms with Gasteiger partial charge in [0.1, 0.15) is 11.5 Å². The molecule has 2 aromatic carbocycles. The SMILES string of the molecule is N#C/C(=C/c1ccc(-c2cccc([N+](=O)[O-])c2)o1)Cn1cnc2ccccc21. The molecule has 0 spiro atoms. The Hall–Kier alpha value is -4.18. The maximum atomic E-state index is 10.9. The predicted molar refractivity (Wildman–Crippen MR) is 104 cm³/mol. The summed E-state index contributed by atoms with van der Waals surface area (Å²) in [4.78, 5) is 14.8. The van der Waals surface area contributed by atoms with Crippen LogP contribution in [0.4, 0.5) is 5.69 Å². The summed E-state index contributed by atoms with van der Waals surface area (Å²) in [7, 11) is 0. The second-order valence-corrected chi connectivity index (χ2v) is 6.15. The van der Waals surface area contributed by atoms with Crippen molar-refractivity contribution in [3.63, 3.8) is 0 Å². The number of benzene rings is 2. The largest absolute Gasteiger partial charge is 0.457 e. The van der Waals surface area contributed by atoms with Gasteiger partial charge in [0.15, 0.2) is 0 Å². The van der Waals surface area contributed by atoms with Crippen molar-refractivity contribution < 1.29 is 9.34 Å². The van der Waals surface area contributed by atoms with Crippen molar-refractivity contribution in [2.75, 3.05) is 0 Å². The molecule has 0 unspecified atom stereocenters. The number of furan rings is 1. The summed E-state index contributed by atoms with van der Waals surface area (Å²) in [5.41, 5.74) is 2.91. The van der Waals surface area contributed by atoms with Gasteiger partial charge in [-0.25, -0.2) is 4.98 Å². The molecule has 136 valence electrons. The highest BCUT2D eigenvalue weighted by molar-refractivity contribution is 5.75. The van der Waals surface area contributed by atoms with Gasteiger partial charge in [0.25, 0.3) is 5.69 Å². The van der Waals surface area contributed by atoms with Crippen molar-refractivity contribution in [2.24, 2.45) is 0 Å². The number of hydrogen-bond acceptors (Lipinski definition) is 5. The Kier molecular flexibility index (Phi) is 4.44. The van der Waals surface area contributed by atoms with Crippen LogP contribution < -0.4 is 0 Å². The Bertz CT molecular complexity index is 1240. The fraction of sp³-hybridized carbons (Fsp3) is 0.0476. The van der Waals surface area contributed by atoms with E-state index in [-0.39, 0.29) is 5.69 Å². The van der Waals surface area contributed by atoms with E-state index in [4.69, 9.17) is 4.42 Å². The van der Waals surface area contributed by atoms with Crippen molar-refractivity contribution in [3.05, 3.63) is 88.4 Å². The molecule has 0 amide bonds. The number of allylic oxidation sites excluding steroid dienone is 1. The molecule has 0 bridgehead atoms. The molecule has 4 rings (SSSR count). The van der Waals surface area contributed by atoms with Crippen molar-refractivity contribution >= 4 is 22.8 Å². The summed E-state index contributed by atoms with van der Waals surface area (Å²) in [5.74, 6) is 1.00. The summed E-state index contributed by atoms with van der Waals surface area (Å²) in [6, 6.07) is 19.6. The van der Waals surface area contributed by atoms with E-state index in [9.17, 15) is 15.4 Å². The smallest absolute Gasteiger partial charge is 0.270 e. The third-order valence-corrected chi connectivity index (χ3v) is 4.30. The lowest BCUT2D eigenvalue weighted by molar-refractivity contribution is -0.384. The maximum Gasteiger partial charge on any atom is 0.270 e. The number of nitro groups is 1. The fourth-order valence-electron chi connectivity index (χ4n) is 2.96. The summed E-state index contributed by atoms with van der Waals surface area (Å²) in [6.07, 6.45) is 3.36.